The van der Waals surface area contributed by atoms with Crippen LogP contribution in [0.5, 0.6) is 0 Å². The number of amides is 1. The number of pyridine rings is 1. The first-order valence-electron chi connectivity index (χ1n) is 10.3. The molecule has 1 aliphatic heterocycles. The predicted molar refractivity (Wildman–Crippen MR) is 116 cm³/mol. The van der Waals surface area contributed by atoms with E-state index < -0.39 is 17.2 Å². The number of hydrogen-bond donors (Lipinski definition) is 2. The predicted octanol–water partition coefficient (Wildman–Crippen LogP) is 4.28. The highest BCUT2D eigenvalue weighted by atomic mass is 19.2. The van der Waals surface area contributed by atoms with Crippen LogP contribution in [0.2, 0.25) is 0 Å². The first-order chi connectivity index (χ1) is 14.7. The maximum Gasteiger partial charge on any atom is 0.256 e. The summed E-state index contributed by atoms with van der Waals surface area (Å²) < 4.78 is 26.9. The van der Waals surface area contributed by atoms with Gasteiger partial charge in [-0.15, -0.1) is 0 Å². The Balaban J connectivity index is 1.71. The fraction of sp³-hybridized carbons (Fsp3) is 0.333. The summed E-state index contributed by atoms with van der Waals surface area (Å²) in [6.07, 6.45) is 1.30. The van der Waals surface area contributed by atoms with Gasteiger partial charge in [-0.05, 0) is 38.5 Å². The molecule has 2 heterocycles. The first-order valence-corrected chi connectivity index (χ1v) is 10.3. The molecule has 2 aromatic carbocycles. The topological polar surface area (TPSA) is 65.5 Å². The molecule has 0 spiro atoms. The Bertz CT molecular complexity index is 1140. The van der Waals surface area contributed by atoms with Gasteiger partial charge in [0.15, 0.2) is 11.6 Å². The SMILES string of the molecule is CC(C)(O)CCN1CCc2nc3ccccc3c(C(=O)Nc3ccc(F)c(F)c3)c2C1. The summed E-state index contributed by atoms with van der Waals surface area (Å²) >= 11 is 0. The molecule has 0 radical (unpaired) electrons. The van der Waals surface area contributed by atoms with Gasteiger partial charge in [-0.3, -0.25) is 14.7 Å². The smallest absolute Gasteiger partial charge is 0.256 e. The van der Waals surface area contributed by atoms with Crippen molar-refractivity contribution in [1.29, 1.82) is 0 Å². The number of para-hydroxylation sites is 1. The Morgan fingerprint density at radius 2 is 1.97 bits per heavy atom. The highest BCUT2D eigenvalue weighted by Crippen LogP contribution is 2.29. The number of benzene rings is 2. The Labute approximate surface area is 179 Å². The van der Waals surface area contributed by atoms with E-state index in [4.69, 9.17) is 4.98 Å². The molecular weight excluding hydrogens is 400 g/mol. The lowest BCUT2D eigenvalue weighted by Crippen LogP contribution is -2.36. The number of halogens is 2. The van der Waals surface area contributed by atoms with E-state index in [2.05, 4.69) is 10.2 Å². The Kier molecular flexibility index (Phi) is 5.73. The minimum absolute atomic E-state index is 0.188. The van der Waals surface area contributed by atoms with Crippen LogP contribution in [-0.4, -0.2) is 39.6 Å². The van der Waals surface area contributed by atoms with E-state index in [0.717, 1.165) is 35.5 Å². The third-order valence-electron chi connectivity index (χ3n) is 5.57. The number of rotatable bonds is 5. The molecule has 162 valence electrons. The molecule has 1 amide bonds. The number of carbonyl (C=O) groups excluding carboxylic acids is 1. The molecule has 0 aliphatic carbocycles. The molecule has 5 nitrogen and oxygen atoms in total. The average molecular weight is 425 g/mol. The third-order valence-corrected chi connectivity index (χ3v) is 5.57. The van der Waals surface area contributed by atoms with Crippen LogP contribution < -0.4 is 5.32 Å². The number of hydrogen-bond acceptors (Lipinski definition) is 4. The summed E-state index contributed by atoms with van der Waals surface area (Å²) in [5.41, 5.74) is 2.34. The molecule has 31 heavy (non-hydrogen) atoms. The molecule has 7 heteroatoms. The second-order valence-corrected chi connectivity index (χ2v) is 8.60. The molecule has 0 atom stereocenters. The van der Waals surface area contributed by atoms with Gasteiger partial charge >= 0.3 is 0 Å². The lowest BCUT2D eigenvalue weighted by Gasteiger charge is -2.31. The molecule has 0 bridgehead atoms. The van der Waals surface area contributed by atoms with Crippen molar-refractivity contribution < 1.29 is 18.7 Å². The van der Waals surface area contributed by atoms with Crippen LogP contribution in [0.4, 0.5) is 14.5 Å². The van der Waals surface area contributed by atoms with Crippen LogP contribution in [0, 0.1) is 11.6 Å². The van der Waals surface area contributed by atoms with E-state index in [1.165, 1.54) is 6.07 Å². The maximum atomic E-state index is 13.6. The zero-order valence-electron chi connectivity index (χ0n) is 17.6. The lowest BCUT2D eigenvalue weighted by molar-refractivity contribution is 0.0556. The number of anilines is 1. The zero-order chi connectivity index (χ0) is 22.2. The van der Waals surface area contributed by atoms with Crippen molar-refractivity contribution in [2.45, 2.75) is 38.8 Å². The molecule has 1 aliphatic rings. The molecule has 0 saturated heterocycles. The van der Waals surface area contributed by atoms with E-state index in [1.54, 1.807) is 13.8 Å². The number of carbonyl (C=O) groups is 1. The molecule has 3 aromatic rings. The van der Waals surface area contributed by atoms with Gasteiger partial charge in [0.25, 0.3) is 5.91 Å². The Morgan fingerprint density at radius 3 is 2.71 bits per heavy atom. The zero-order valence-corrected chi connectivity index (χ0v) is 17.6. The second-order valence-electron chi connectivity index (χ2n) is 8.60. The molecule has 4 rings (SSSR count). The molecular formula is C24H25F2N3O2. The van der Waals surface area contributed by atoms with Gasteiger partial charge in [0.1, 0.15) is 0 Å². The van der Waals surface area contributed by atoms with Crippen molar-refractivity contribution in [3.05, 3.63) is 70.9 Å². The Hall–Kier alpha value is -2.90. The number of nitrogens with one attached hydrogen (secondary N) is 1. The molecule has 0 saturated carbocycles. The number of fused-ring (bicyclic) bond motifs is 2. The fourth-order valence-electron chi connectivity index (χ4n) is 3.90. The Morgan fingerprint density at radius 1 is 1.19 bits per heavy atom. The summed E-state index contributed by atoms with van der Waals surface area (Å²) in [7, 11) is 0. The minimum atomic E-state index is -1.02. The van der Waals surface area contributed by atoms with Crippen molar-refractivity contribution >= 4 is 22.5 Å². The quantitative estimate of drug-likeness (QED) is 0.640. The van der Waals surface area contributed by atoms with Crippen LogP contribution in [0.15, 0.2) is 42.5 Å². The van der Waals surface area contributed by atoms with Crippen LogP contribution in [0.1, 0.15) is 41.9 Å². The van der Waals surface area contributed by atoms with Crippen molar-refractivity contribution in [2.24, 2.45) is 0 Å². The highest BCUT2D eigenvalue weighted by molar-refractivity contribution is 6.13. The maximum absolute atomic E-state index is 13.6. The standard InChI is InChI=1S/C24H25F2N3O2/c1-24(2,31)10-12-29-11-9-21-17(14-29)22(16-5-3-4-6-20(16)28-21)23(30)27-15-7-8-18(25)19(26)13-15/h3-8,13,31H,9-12,14H2,1-2H3,(H,27,30). The summed E-state index contributed by atoms with van der Waals surface area (Å²) in [5.74, 6) is -2.37. The van der Waals surface area contributed by atoms with E-state index in [1.807, 2.05) is 24.3 Å². The monoisotopic (exact) mass is 425 g/mol. The molecule has 0 fully saturated rings. The van der Waals surface area contributed by atoms with E-state index in [-0.39, 0.29) is 11.6 Å². The largest absolute Gasteiger partial charge is 0.390 e. The van der Waals surface area contributed by atoms with Crippen molar-refractivity contribution in [1.82, 2.24) is 9.88 Å². The van der Waals surface area contributed by atoms with Crippen molar-refractivity contribution in [3.63, 3.8) is 0 Å². The molecule has 0 unspecified atom stereocenters. The van der Waals surface area contributed by atoms with Gasteiger partial charge in [0.05, 0.1) is 16.7 Å². The lowest BCUT2D eigenvalue weighted by atomic mass is 9.94. The second kappa shape index (κ2) is 8.32. The van der Waals surface area contributed by atoms with E-state index >= 15 is 0 Å². The number of aromatic nitrogens is 1. The fourth-order valence-corrected chi connectivity index (χ4v) is 3.90. The molecule has 1 aromatic heterocycles. The number of aliphatic hydroxyl groups is 1. The van der Waals surface area contributed by atoms with Crippen LogP contribution in [0.3, 0.4) is 0 Å². The van der Waals surface area contributed by atoms with Crippen molar-refractivity contribution in [2.75, 3.05) is 18.4 Å². The highest BCUT2D eigenvalue weighted by Gasteiger charge is 2.27. The van der Waals surface area contributed by atoms with Crippen LogP contribution in [0.25, 0.3) is 10.9 Å². The normalized spacial score (nSPS) is 14.5. The summed E-state index contributed by atoms with van der Waals surface area (Å²) in [4.78, 5) is 20.3. The third kappa shape index (κ3) is 4.73. The van der Waals surface area contributed by atoms with Crippen LogP contribution in [-0.2, 0) is 13.0 Å². The first kappa shape index (κ1) is 21.3. The van der Waals surface area contributed by atoms with E-state index in [9.17, 15) is 18.7 Å². The van der Waals surface area contributed by atoms with Gasteiger partial charge in [0, 0.05) is 54.5 Å². The number of nitrogens with zero attached hydrogens (tertiary/aromatic N) is 2. The summed E-state index contributed by atoms with van der Waals surface area (Å²) in [6.45, 7) is 5.57. The van der Waals surface area contributed by atoms with Gasteiger partial charge in [-0.25, -0.2) is 8.78 Å². The van der Waals surface area contributed by atoms with Gasteiger partial charge in [-0.1, -0.05) is 18.2 Å². The van der Waals surface area contributed by atoms with Gasteiger partial charge in [0.2, 0.25) is 0 Å². The van der Waals surface area contributed by atoms with Crippen molar-refractivity contribution in [3.8, 4) is 0 Å². The van der Waals surface area contributed by atoms with Gasteiger partial charge in [-0.2, -0.15) is 0 Å². The van der Waals surface area contributed by atoms with E-state index in [0.29, 0.717) is 36.9 Å². The average Bonchev–Trinajstić information content (AvgIpc) is 2.72. The van der Waals surface area contributed by atoms with Gasteiger partial charge < -0.3 is 10.4 Å². The summed E-state index contributed by atoms with van der Waals surface area (Å²) in [5, 5.41) is 13.5. The minimum Gasteiger partial charge on any atom is -0.390 e. The summed E-state index contributed by atoms with van der Waals surface area (Å²) in [6, 6.07) is 10.7. The molecule has 2 N–H and O–H groups in total. The van der Waals surface area contributed by atoms with Crippen LogP contribution >= 0.6 is 0 Å².